The first kappa shape index (κ1) is 18.2. The van der Waals surface area contributed by atoms with Gasteiger partial charge in [-0.3, -0.25) is 4.79 Å². The minimum absolute atomic E-state index is 0.0520. The molecule has 2 aromatic heterocycles. The summed E-state index contributed by atoms with van der Waals surface area (Å²) in [6, 6.07) is 11.8. The van der Waals surface area contributed by atoms with Crippen molar-refractivity contribution in [2.75, 3.05) is 12.4 Å². The number of aryl methyl sites for hydroxylation is 3. The molecular formula is C20H22N2O3S. The highest BCUT2D eigenvalue weighted by Crippen LogP contribution is 2.26. The van der Waals surface area contributed by atoms with E-state index in [0.29, 0.717) is 18.0 Å². The van der Waals surface area contributed by atoms with Crippen LogP contribution in [0.5, 0.6) is 5.75 Å². The SMILES string of the molecule is COc1ccc(Cc2sc(NC(=O)CCc3ccc(C)o3)nc2C)cc1. The van der Waals surface area contributed by atoms with Crippen LogP contribution >= 0.6 is 11.3 Å². The Labute approximate surface area is 157 Å². The smallest absolute Gasteiger partial charge is 0.226 e. The number of thiazole rings is 1. The van der Waals surface area contributed by atoms with Gasteiger partial charge in [0.05, 0.1) is 12.8 Å². The Hall–Kier alpha value is -2.60. The Kier molecular flexibility index (Phi) is 5.73. The van der Waals surface area contributed by atoms with E-state index in [1.165, 1.54) is 16.9 Å². The van der Waals surface area contributed by atoms with Crippen LogP contribution in [0.4, 0.5) is 5.13 Å². The van der Waals surface area contributed by atoms with Gasteiger partial charge in [0.2, 0.25) is 5.91 Å². The number of carbonyl (C=O) groups is 1. The Bertz CT molecular complexity index is 881. The molecule has 0 atom stereocenters. The molecule has 0 aliphatic heterocycles. The van der Waals surface area contributed by atoms with Crippen LogP contribution < -0.4 is 10.1 Å². The molecule has 0 aliphatic carbocycles. The van der Waals surface area contributed by atoms with Gasteiger partial charge in [0.25, 0.3) is 0 Å². The highest BCUT2D eigenvalue weighted by Gasteiger charge is 2.12. The van der Waals surface area contributed by atoms with Crippen LogP contribution in [0.1, 0.15) is 34.1 Å². The van der Waals surface area contributed by atoms with E-state index < -0.39 is 0 Å². The van der Waals surface area contributed by atoms with E-state index in [1.807, 2.05) is 50.2 Å². The molecule has 0 spiro atoms. The number of aromatic nitrogens is 1. The lowest BCUT2D eigenvalue weighted by Gasteiger charge is -2.02. The predicted molar refractivity (Wildman–Crippen MR) is 103 cm³/mol. The molecule has 2 heterocycles. The monoisotopic (exact) mass is 370 g/mol. The van der Waals surface area contributed by atoms with Gasteiger partial charge in [-0.1, -0.05) is 12.1 Å². The topological polar surface area (TPSA) is 64.4 Å². The minimum atomic E-state index is -0.0520. The second kappa shape index (κ2) is 8.19. The van der Waals surface area contributed by atoms with Crippen LogP contribution in [-0.4, -0.2) is 18.0 Å². The zero-order valence-electron chi connectivity index (χ0n) is 15.2. The maximum atomic E-state index is 12.1. The molecule has 136 valence electrons. The normalized spacial score (nSPS) is 10.7. The van der Waals surface area contributed by atoms with Crippen LogP contribution in [0.3, 0.4) is 0 Å². The zero-order chi connectivity index (χ0) is 18.5. The number of methoxy groups -OCH3 is 1. The molecular weight excluding hydrogens is 348 g/mol. The van der Waals surface area contributed by atoms with Gasteiger partial charge in [-0.25, -0.2) is 4.98 Å². The van der Waals surface area contributed by atoms with Crippen molar-refractivity contribution in [3.05, 3.63) is 64.1 Å². The Morgan fingerprint density at radius 1 is 1.19 bits per heavy atom. The number of nitrogens with one attached hydrogen (secondary N) is 1. The fourth-order valence-electron chi connectivity index (χ4n) is 2.61. The second-order valence-corrected chi connectivity index (χ2v) is 7.20. The molecule has 1 amide bonds. The lowest BCUT2D eigenvalue weighted by atomic mass is 10.1. The molecule has 3 rings (SSSR count). The summed E-state index contributed by atoms with van der Waals surface area (Å²) in [5, 5.41) is 3.54. The first-order valence-electron chi connectivity index (χ1n) is 8.48. The van der Waals surface area contributed by atoms with Crippen molar-refractivity contribution in [1.82, 2.24) is 4.98 Å². The molecule has 0 unspecified atom stereocenters. The van der Waals surface area contributed by atoms with Crippen molar-refractivity contribution in [2.45, 2.75) is 33.1 Å². The summed E-state index contributed by atoms with van der Waals surface area (Å²) in [6.07, 6.45) is 1.75. The van der Waals surface area contributed by atoms with Crippen molar-refractivity contribution in [2.24, 2.45) is 0 Å². The van der Waals surface area contributed by atoms with Gasteiger partial charge in [-0.2, -0.15) is 0 Å². The first-order chi connectivity index (χ1) is 12.5. The summed E-state index contributed by atoms with van der Waals surface area (Å²) in [7, 11) is 1.66. The fourth-order valence-corrected chi connectivity index (χ4v) is 3.63. The van der Waals surface area contributed by atoms with Gasteiger partial charge >= 0.3 is 0 Å². The average molecular weight is 370 g/mol. The molecule has 0 saturated heterocycles. The number of hydrogen-bond donors (Lipinski definition) is 1. The molecule has 0 fully saturated rings. The number of benzene rings is 1. The maximum Gasteiger partial charge on any atom is 0.226 e. The quantitative estimate of drug-likeness (QED) is 0.664. The highest BCUT2D eigenvalue weighted by atomic mass is 32.1. The summed E-state index contributed by atoms with van der Waals surface area (Å²) in [5.74, 6) is 2.48. The third-order valence-electron chi connectivity index (χ3n) is 4.06. The number of carbonyl (C=O) groups excluding carboxylic acids is 1. The summed E-state index contributed by atoms with van der Waals surface area (Å²) in [4.78, 5) is 17.8. The van der Waals surface area contributed by atoms with E-state index in [1.54, 1.807) is 7.11 Å². The fraction of sp³-hybridized carbons (Fsp3) is 0.300. The summed E-state index contributed by atoms with van der Waals surface area (Å²) >= 11 is 1.52. The largest absolute Gasteiger partial charge is 0.497 e. The van der Waals surface area contributed by atoms with E-state index in [4.69, 9.17) is 9.15 Å². The van der Waals surface area contributed by atoms with Crippen LogP contribution in [0.25, 0.3) is 0 Å². The number of rotatable bonds is 7. The molecule has 26 heavy (non-hydrogen) atoms. The lowest BCUT2D eigenvalue weighted by molar-refractivity contribution is -0.116. The number of anilines is 1. The van der Waals surface area contributed by atoms with Crippen molar-refractivity contribution in [3.63, 3.8) is 0 Å². The van der Waals surface area contributed by atoms with Gasteiger partial charge in [0.15, 0.2) is 5.13 Å². The summed E-state index contributed by atoms with van der Waals surface area (Å²) in [6.45, 7) is 3.86. The molecule has 6 heteroatoms. The molecule has 1 N–H and O–H groups in total. The summed E-state index contributed by atoms with van der Waals surface area (Å²) in [5.41, 5.74) is 2.13. The van der Waals surface area contributed by atoms with Crippen molar-refractivity contribution < 1.29 is 13.9 Å². The van der Waals surface area contributed by atoms with E-state index in [-0.39, 0.29) is 5.91 Å². The van der Waals surface area contributed by atoms with Crippen LogP contribution in [0, 0.1) is 13.8 Å². The average Bonchev–Trinajstić information content (AvgIpc) is 3.19. The van der Waals surface area contributed by atoms with Crippen molar-refractivity contribution in [1.29, 1.82) is 0 Å². The van der Waals surface area contributed by atoms with E-state index in [9.17, 15) is 4.79 Å². The first-order valence-corrected chi connectivity index (χ1v) is 9.29. The predicted octanol–water partition coefficient (Wildman–Crippen LogP) is 4.52. The van der Waals surface area contributed by atoms with Gasteiger partial charge in [0.1, 0.15) is 17.3 Å². The van der Waals surface area contributed by atoms with Gasteiger partial charge in [0, 0.05) is 24.1 Å². The number of furan rings is 1. The van der Waals surface area contributed by atoms with Gasteiger partial charge in [-0.05, 0) is 43.7 Å². The zero-order valence-corrected chi connectivity index (χ0v) is 16.0. The molecule has 1 aromatic carbocycles. The van der Waals surface area contributed by atoms with Crippen molar-refractivity contribution in [3.8, 4) is 5.75 Å². The second-order valence-electron chi connectivity index (χ2n) is 6.11. The number of hydrogen-bond acceptors (Lipinski definition) is 5. The lowest BCUT2D eigenvalue weighted by Crippen LogP contribution is -2.11. The molecule has 0 saturated carbocycles. The number of nitrogens with zero attached hydrogens (tertiary/aromatic N) is 1. The van der Waals surface area contributed by atoms with E-state index in [2.05, 4.69) is 10.3 Å². The van der Waals surface area contributed by atoms with E-state index >= 15 is 0 Å². The number of ether oxygens (including phenoxy) is 1. The third-order valence-corrected chi connectivity index (χ3v) is 5.13. The van der Waals surface area contributed by atoms with Crippen LogP contribution in [0.15, 0.2) is 40.8 Å². The molecule has 0 radical (unpaired) electrons. The molecule has 0 aliphatic rings. The number of amides is 1. The third kappa shape index (κ3) is 4.73. The van der Waals surface area contributed by atoms with Gasteiger partial charge < -0.3 is 14.5 Å². The molecule has 0 bridgehead atoms. The maximum absolute atomic E-state index is 12.1. The van der Waals surface area contributed by atoms with Crippen molar-refractivity contribution >= 4 is 22.4 Å². The Balaban J connectivity index is 1.57. The Morgan fingerprint density at radius 2 is 1.96 bits per heavy atom. The standard InChI is InChI=1S/C20H22N2O3S/c1-13-4-7-17(25-13)10-11-19(23)22-20-21-14(2)18(26-20)12-15-5-8-16(24-3)9-6-15/h4-9H,10-12H2,1-3H3,(H,21,22,23). The van der Waals surface area contributed by atoms with E-state index in [0.717, 1.165) is 34.3 Å². The highest BCUT2D eigenvalue weighted by molar-refractivity contribution is 7.15. The minimum Gasteiger partial charge on any atom is -0.497 e. The molecule has 3 aromatic rings. The van der Waals surface area contributed by atoms with Gasteiger partial charge in [-0.15, -0.1) is 11.3 Å². The van der Waals surface area contributed by atoms with Crippen LogP contribution in [0.2, 0.25) is 0 Å². The van der Waals surface area contributed by atoms with Crippen LogP contribution in [-0.2, 0) is 17.6 Å². The molecule has 5 nitrogen and oxygen atoms in total. The summed E-state index contributed by atoms with van der Waals surface area (Å²) < 4.78 is 10.7. The Morgan fingerprint density at radius 3 is 2.62 bits per heavy atom.